The third-order valence-electron chi connectivity index (χ3n) is 7.30. The first-order valence-electron chi connectivity index (χ1n) is 13.3. The molecule has 12 heteroatoms. The van der Waals surface area contributed by atoms with Gasteiger partial charge in [-0.05, 0) is 55.2 Å². The van der Waals surface area contributed by atoms with Crippen LogP contribution >= 0.6 is 11.6 Å². The standard InChI is InChI=1S/C29H27ClN6O5/c30-22-8-5-17(26(38)31-10-9-16-3-1-2-4-24(16)37)12-23(22)33-27(39)21-11-18-13-32-29(35-25(18)34-28(21)40)36-14-19-6-7-20(15-36)41-19/h1-5,8,11-13,19-20,37H,6-7,9-10,14-15H2,(H,31,38)(H,33,39)(H,32,34,35,40)/t19-,20+. The number of nitrogens with one attached hydrogen (secondary N) is 3. The van der Waals surface area contributed by atoms with Crippen molar-refractivity contribution in [3.63, 3.8) is 0 Å². The van der Waals surface area contributed by atoms with E-state index in [1.54, 1.807) is 24.4 Å². The maximum absolute atomic E-state index is 13.1. The van der Waals surface area contributed by atoms with Gasteiger partial charge in [-0.3, -0.25) is 14.4 Å². The monoisotopic (exact) mass is 574 g/mol. The summed E-state index contributed by atoms with van der Waals surface area (Å²) in [7, 11) is 0. The number of anilines is 2. The average Bonchev–Trinajstić information content (AvgIpc) is 3.31. The Morgan fingerprint density at radius 1 is 1.10 bits per heavy atom. The molecule has 2 fully saturated rings. The molecule has 4 aromatic rings. The van der Waals surface area contributed by atoms with Crippen molar-refractivity contribution in [3.8, 4) is 5.75 Å². The van der Waals surface area contributed by atoms with Gasteiger partial charge >= 0.3 is 0 Å². The van der Waals surface area contributed by atoms with E-state index < -0.39 is 11.5 Å². The third-order valence-corrected chi connectivity index (χ3v) is 7.63. The van der Waals surface area contributed by atoms with E-state index in [0.717, 1.165) is 12.8 Å². The highest BCUT2D eigenvalue weighted by Crippen LogP contribution is 2.29. The number of benzene rings is 2. The van der Waals surface area contributed by atoms with E-state index in [1.165, 1.54) is 24.3 Å². The number of pyridine rings is 1. The number of rotatable bonds is 7. The average molecular weight is 575 g/mol. The van der Waals surface area contributed by atoms with Crippen molar-refractivity contribution in [3.05, 3.63) is 86.8 Å². The summed E-state index contributed by atoms with van der Waals surface area (Å²) in [6, 6.07) is 12.8. The molecule has 0 saturated carbocycles. The van der Waals surface area contributed by atoms with E-state index in [9.17, 15) is 19.5 Å². The topological polar surface area (TPSA) is 150 Å². The minimum absolute atomic E-state index is 0.146. The number of morpholine rings is 1. The Bertz CT molecular complexity index is 1700. The van der Waals surface area contributed by atoms with E-state index in [2.05, 4.69) is 30.5 Å². The molecule has 0 spiro atoms. The number of aromatic hydroxyl groups is 1. The number of carbonyl (C=O) groups is 2. The molecular formula is C29H27ClN6O5. The van der Waals surface area contributed by atoms with Crippen molar-refractivity contribution in [2.24, 2.45) is 0 Å². The number of aromatic nitrogens is 3. The number of carbonyl (C=O) groups excluding carboxylic acids is 2. The number of nitrogens with zero attached hydrogens (tertiary/aromatic N) is 3. The Labute approximate surface area is 239 Å². The highest BCUT2D eigenvalue weighted by atomic mass is 35.5. The largest absolute Gasteiger partial charge is 0.508 e. The van der Waals surface area contributed by atoms with Gasteiger partial charge in [-0.25, -0.2) is 4.98 Å². The van der Waals surface area contributed by atoms with Crippen molar-refractivity contribution in [1.29, 1.82) is 0 Å². The number of phenols is 1. The van der Waals surface area contributed by atoms with Crippen LogP contribution in [-0.4, -0.2) is 63.7 Å². The second-order valence-electron chi connectivity index (χ2n) is 10.1. The number of phenolic OH excluding ortho intramolecular Hbond substituents is 1. The number of amides is 2. The second kappa shape index (κ2) is 11.2. The summed E-state index contributed by atoms with van der Waals surface area (Å²) in [6.45, 7) is 1.69. The summed E-state index contributed by atoms with van der Waals surface area (Å²) in [4.78, 5) is 52.4. The Hall–Kier alpha value is -4.48. The van der Waals surface area contributed by atoms with Crippen LogP contribution in [0.4, 0.5) is 11.6 Å². The Morgan fingerprint density at radius 3 is 2.66 bits per heavy atom. The molecule has 2 aliphatic rings. The summed E-state index contributed by atoms with van der Waals surface area (Å²) in [6.07, 6.45) is 4.38. The molecule has 2 saturated heterocycles. The lowest BCUT2D eigenvalue weighted by molar-refractivity contribution is 0.0299. The van der Waals surface area contributed by atoms with Crippen LogP contribution in [0, 0.1) is 0 Å². The van der Waals surface area contributed by atoms with Crippen LogP contribution < -0.4 is 21.1 Å². The molecule has 2 atom stereocenters. The first-order valence-corrected chi connectivity index (χ1v) is 13.7. The van der Waals surface area contributed by atoms with Gasteiger partial charge in [0.1, 0.15) is 17.0 Å². The number of hydrogen-bond acceptors (Lipinski definition) is 8. The van der Waals surface area contributed by atoms with Crippen LogP contribution in [0.25, 0.3) is 11.0 Å². The van der Waals surface area contributed by atoms with Gasteiger partial charge in [0.05, 0.1) is 22.9 Å². The van der Waals surface area contributed by atoms with Gasteiger partial charge in [-0.1, -0.05) is 29.8 Å². The van der Waals surface area contributed by atoms with Crippen LogP contribution in [0.2, 0.25) is 5.02 Å². The van der Waals surface area contributed by atoms with Gasteiger partial charge in [0.2, 0.25) is 5.95 Å². The van der Waals surface area contributed by atoms with Crippen LogP contribution in [0.3, 0.4) is 0 Å². The summed E-state index contributed by atoms with van der Waals surface area (Å²) >= 11 is 6.29. The van der Waals surface area contributed by atoms with Gasteiger partial charge in [-0.2, -0.15) is 4.98 Å². The Balaban J connectivity index is 1.15. The first kappa shape index (κ1) is 26.7. The number of hydrogen-bond donors (Lipinski definition) is 4. The predicted octanol–water partition coefficient (Wildman–Crippen LogP) is 3.27. The SMILES string of the molecule is O=C(NCCc1ccccc1O)c1ccc(Cl)c(NC(=O)c2cc3cnc(N4C[C@H]5CC[C@@H](C4)O5)nc3[nH]c2=O)c1. The molecule has 2 aliphatic heterocycles. The smallest absolute Gasteiger partial charge is 0.262 e. The Morgan fingerprint density at radius 2 is 1.88 bits per heavy atom. The molecule has 4 N–H and O–H groups in total. The molecule has 2 bridgehead atoms. The van der Waals surface area contributed by atoms with Gasteiger partial charge in [0.25, 0.3) is 17.4 Å². The lowest BCUT2D eigenvalue weighted by Crippen LogP contribution is -2.43. The van der Waals surface area contributed by atoms with Crippen molar-refractivity contribution >= 4 is 46.1 Å². The highest BCUT2D eigenvalue weighted by Gasteiger charge is 2.34. The van der Waals surface area contributed by atoms with Crippen molar-refractivity contribution in [1.82, 2.24) is 20.3 Å². The van der Waals surface area contributed by atoms with Gasteiger partial charge in [-0.15, -0.1) is 0 Å². The molecule has 210 valence electrons. The normalized spacial score (nSPS) is 17.9. The highest BCUT2D eigenvalue weighted by molar-refractivity contribution is 6.34. The molecule has 6 rings (SSSR count). The van der Waals surface area contributed by atoms with E-state index in [0.29, 0.717) is 48.6 Å². The summed E-state index contributed by atoms with van der Waals surface area (Å²) < 4.78 is 5.87. The van der Waals surface area contributed by atoms with Crippen LogP contribution in [0.15, 0.2) is 59.5 Å². The second-order valence-corrected chi connectivity index (χ2v) is 10.5. The summed E-state index contributed by atoms with van der Waals surface area (Å²) in [5.74, 6) is -0.399. The zero-order valence-corrected chi connectivity index (χ0v) is 22.6. The van der Waals surface area contributed by atoms with E-state index in [1.807, 2.05) is 6.07 Å². The fraction of sp³-hybridized carbons (Fsp3) is 0.276. The third kappa shape index (κ3) is 5.72. The lowest BCUT2D eigenvalue weighted by Gasteiger charge is -2.32. The van der Waals surface area contributed by atoms with E-state index >= 15 is 0 Å². The number of halogens is 1. The minimum atomic E-state index is -0.694. The molecule has 0 radical (unpaired) electrons. The fourth-order valence-corrected chi connectivity index (χ4v) is 5.33. The Kier molecular flexibility index (Phi) is 7.29. The quantitative estimate of drug-likeness (QED) is 0.263. The maximum atomic E-state index is 13.1. The van der Waals surface area contributed by atoms with Crippen LogP contribution in [0.1, 0.15) is 39.1 Å². The summed E-state index contributed by atoms with van der Waals surface area (Å²) in [5, 5.41) is 16.0. The predicted molar refractivity (Wildman–Crippen MR) is 154 cm³/mol. The van der Waals surface area contributed by atoms with Crippen molar-refractivity contribution in [2.75, 3.05) is 29.9 Å². The number of fused-ring (bicyclic) bond motifs is 3. The molecule has 2 aromatic carbocycles. The van der Waals surface area contributed by atoms with Gasteiger partial charge in [0, 0.05) is 36.8 Å². The molecule has 2 amide bonds. The van der Waals surface area contributed by atoms with E-state index in [-0.39, 0.29) is 45.7 Å². The number of H-pyrrole nitrogens is 1. The van der Waals surface area contributed by atoms with Crippen LogP contribution in [0.5, 0.6) is 5.75 Å². The fourth-order valence-electron chi connectivity index (χ4n) is 5.17. The summed E-state index contributed by atoms with van der Waals surface area (Å²) in [5.41, 5.74) is 0.732. The number of aromatic amines is 1. The lowest BCUT2D eigenvalue weighted by atomic mass is 10.1. The first-order chi connectivity index (χ1) is 19.8. The van der Waals surface area contributed by atoms with Crippen molar-refractivity contribution in [2.45, 2.75) is 31.5 Å². The number of ether oxygens (including phenoxy) is 1. The molecule has 4 heterocycles. The molecular weight excluding hydrogens is 548 g/mol. The minimum Gasteiger partial charge on any atom is -0.508 e. The molecule has 11 nitrogen and oxygen atoms in total. The van der Waals surface area contributed by atoms with E-state index in [4.69, 9.17) is 16.3 Å². The van der Waals surface area contributed by atoms with Crippen molar-refractivity contribution < 1.29 is 19.4 Å². The molecule has 0 unspecified atom stereocenters. The zero-order chi connectivity index (χ0) is 28.5. The van der Waals surface area contributed by atoms with Gasteiger partial charge in [0.15, 0.2) is 0 Å². The molecule has 0 aliphatic carbocycles. The number of para-hydroxylation sites is 1. The maximum Gasteiger partial charge on any atom is 0.262 e. The molecule has 2 aromatic heterocycles. The molecule has 41 heavy (non-hydrogen) atoms. The van der Waals surface area contributed by atoms with Crippen LogP contribution in [-0.2, 0) is 11.2 Å². The van der Waals surface area contributed by atoms with Gasteiger partial charge < -0.3 is 30.4 Å². The zero-order valence-electron chi connectivity index (χ0n) is 21.9.